The number of thioether (sulfide) groups is 1. The quantitative estimate of drug-likeness (QED) is 0.551. The van der Waals surface area contributed by atoms with Gasteiger partial charge < -0.3 is 10.2 Å². The molecular formula is C16H13ClN2OS. The number of nitrogens with two attached hydrogens (primary N) is 1. The maximum absolute atomic E-state index is 6.14. The van der Waals surface area contributed by atoms with Crippen molar-refractivity contribution in [2.24, 2.45) is 0 Å². The van der Waals surface area contributed by atoms with Gasteiger partial charge in [0.2, 0.25) is 5.89 Å². The van der Waals surface area contributed by atoms with Gasteiger partial charge in [-0.25, -0.2) is 4.98 Å². The summed E-state index contributed by atoms with van der Waals surface area (Å²) in [5, 5.41) is 0.648. The van der Waals surface area contributed by atoms with Gasteiger partial charge >= 0.3 is 0 Å². The van der Waals surface area contributed by atoms with Crippen LogP contribution in [0.3, 0.4) is 0 Å². The lowest BCUT2D eigenvalue weighted by Gasteiger charge is -2.03. The average Bonchev–Trinajstić information content (AvgIpc) is 2.96. The number of hydrogen-bond donors (Lipinski definition) is 1. The molecule has 0 atom stereocenters. The number of halogens is 1. The molecule has 5 heteroatoms. The first-order valence-corrected chi connectivity index (χ1v) is 7.77. The molecule has 0 aliphatic heterocycles. The van der Waals surface area contributed by atoms with Crippen molar-refractivity contribution in [2.75, 3.05) is 5.73 Å². The Labute approximate surface area is 132 Å². The van der Waals surface area contributed by atoms with Crippen LogP contribution in [0.15, 0.2) is 64.0 Å². The summed E-state index contributed by atoms with van der Waals surface area (Å²) in [5.41, 5.74) is 7.36. The lowest BCUT2D eigenvalue weighted by Crippen LogP contribution is -1.85. The van der Waals surface area contributed by atoms with Gasteiger partial charge in [0.25, 0.3) is 0 Å². The smallest absolute Gasteiger partial charge is 0.205 e. The van der Waals surface area contributed by atoms with Gasteiger partial charge in [0.05, 0.1) is 17.0 Å². The molecule has 3 aromatic rings. The highest BCUT2D eigenvalue weighted by molar-refractivity contribution is 7.98. The lowest BCUT2D eigenvalue weighted by atomic mass is 10.2. The van der Waals surface area contributed by atoms with Gasteiger partial charge in [-0.05, 0) is 18.2 Å². The van der Waals surface area contributed by atoms with E-state index in [1.165, 1.54) is 0 Å². The number of nitrogens with zero attached hydrogens (tertiary/aromatic N) is 1. The Bertz CT molecular complexity index is 743. The fraction of sp³-hybridized carbons (Fsp3) is 0.0625. The second-order valence-electron chi connectivity index (χ2n) is 4.46. The van der Waals surface area contributed by atoms with Gasteiger partial charge in [0.15, 0.2) is 5.76 Å². The summed E-state index contributed by atoms with van der Waals surface area (Å²) in [6.45, 7) is 0. The van der Waals surface area contributed by atoms with E-state index in [0.717, 1.165) is 16.2 Å². The Morgan fingerprint density at radius 2 is 1.95 bits per heavy atom. The molecule has 0 radical (unpaired) electrons. The van der Waals surface area contributed by atoms with E-state index in [2.05, 4.69) is 4.98 Å². The molecule has 0 saturated carbocycles. The van der Waals surface area contributed by atoms with E-state index >= 15 is 0 Å². The molecule has 2 aromatic carbocycles. The minimum Gasteiger partial charge on any atom is -0.440 e. The maximum Gasteiger partial charge on any atom is 0.205 e. The number of anilines is 1. The SMILES string of the molecule is Nc1ccc(SCc2ncc(-c3ccccc3)o2)c(Cl)c1. The first-order chi connectivity index (χ1) is 10.2. The molecule has 0 spiro atoms. The summed E-state index contributed by atoms with van der Waals surface area (Å²) >= 11 is 7.72. The minimum absolute atomic E-state index is 0.621. The highest BCUT2D eigenvalue weighted by atomic mass is 35.5. The zero-order valence-electron chi connectivity index (χ0n) is 11.1. The van der Waals surface area contributed by atoms with E-state index in [-0.39, 0.29) is 0 Å². The van der Waals surface area contributed by atoms with Crippen LogP contribution >= 0.6 is 23.4 Å². The summed E-state index contributed by atoms with van der Waals surface area (Å²) in [6, 6.07) is 15.4. The fourth-order valence-electron chi connectivity index (χ4n) is 1.89. The standard InChI is InChI=1S/C16H13ClN2OS/c17-13-8-12(18)6-7-15(13)21-10-16-19-9-14(20-16)11-4-2-1-3-5-11/h1-9H,10,18H2. The van der Waals surface area contributed by atoms with Gasteiger partial charge in [0.1, 0.15) is 0 Å². The van der Waals surface area contributed by atoms with Crippen LogP contribution in [0, 0.1) is 0 Å². The second-order valence-corrected chi connectivity index (χ2v) is 5.89. The molecule has 1 heterocycles. The Balaban J connectivity index is 1.70. The minimum atomic E-state index is 0.621. The summed E-state index contributed by atoms with van der Waals surface area (Å²) in [6.07, 6.45) is 1.75. The highest BCUT2D eigenvalue weighted by Gasteiger charge is 2.08. The summed E-state index contributed by atoms with van der Waals surface area (Å²) in [4.78, 5) is 5.26. The van der Waals surface area contributed by atoms with E-state index in [0.29, 0.717) is 22.4 Å². The number of rotatable bonds is 4. The molecule has 3 rings (SSSR count). The van der Waals surface area contributed by atoms with Crippen molar-refractivity contribution in [3.8, 4) is 11.3 Å². The normalized spacial score (nSPS) is 10.7. The van der Waals surface area contributed by atoms with Crippen molar-refractivity contribution in [3.05, 3.63) is 65.6 Å². The van der Waals surface area contributed by atoms with Crippen LogP contribution in [0.2, 0.25) is 5.02 Å². The van der Waals surface area contributed by atoms with E-state index in [9.17, 15) is 0 Å². The summed E-state index contributed by atoms with van der Waals surface area (Å²) in [7, 11) is 0. The number of oxazole rings is 1. The topological polar surface area (TPSA) is 52.0 Å². The predicted molar refractivity (Wildman–Crippen MR) is 87.4 cm³/mol. The van der Waals surface area contributed by atoms with E-state index in [1.807, 2.05) is 42.5 Å². The highest BCUT2D eigenvalue weighted by Crippen LogP contribution is 2.31. The Kier molecular flexibility index (Phi) is 4.18. The Hall–Kier alpha value is -1.91. The third kappa shape index (κ3) is 3.40. The lowest BCUT2D eigenvalue weighted by molar-refractivity contribution is 0.530. The number of benzene rings is 2. The predicted octanol–water partition coefficient (Wildman–Crippen LogP) is 4.87. The monoisotopic (exact) mass is 316 g/mol. The molecule has 0 aliphatic rings. The van der Waals surface area contributed by atoms with Crippen molar-refractivity contribution in [2.45, 2.75) is 10.6 Å². The second kappa shape index (κ2) is 6.24. The van der Waals surface area contributed by atoms with Crippen molar-refractivity contribution in [3.63, 3.8) is 0 Å². The van der Waals surface area contributed by atoms with Crippen LogP contribution in [-0.2, 0) is 5.75 Å². The zero-order valence-corrected chi connectivity index (χ0v) is 12.7. The molecule has 3 nitrogen and oxygen atoms in total. The zero-order chi connectivity index (χ0) is 14.7. The van der Waals surface area contributed by atoms with Gasteiger partial charge in [-0.15, -0.1) is 11.8 Å². The van der Waals surface area contributed by atoms with Gasteiger partial charge in [-0.1, -0.05) is 41.9 Å². The largest absolute Gasteiger partial charge is 0.440 e. The third-order valence-corrected chi connectivity index (χ3v) is 4.40. The molecule has 0 saturated heterocycles. The molecule has 0 bridgehead atoms. The molecule has 106 valence electrons. The van der Waals surface area contributed by atoms with Crippen molar-refractivity contribution in [1.29, 1.82) is 0 Å². The maximum atomic E-state index is 6.14. The van der Waals surface area contributed by atoms with Gasteiger partial charge in [0, 0.05) is 16.1 Å². The van der Waals surface area contributed by atoms with E-state index in [1.54, 1.807) is 24.0 Å². The Morgan fingerprint density at radius 1 is 1.14 bits per heavy atom. The van der Waals surface area contributed by atoms with Crippen LogP contribution in [-0.4, -0.2) is 4.98 Å². The molecule has 0 fully saturated rings. The molecule has 21 heavy (non-hydrogen) atoms. The van der Waals surface area contributed by atoms with Crippen molar-refractivity contribution in [1.82, 2.24) is 4.98 Å². The summed E-state index contributed by atoms with van der Waals surface area (Å²) in [5.74, 6) is 2.07. The number of aromatic nitrogens is 1. The molecular weight excluding hydrogens is 304 g/mol. The average molecular weight is 317 g/mol. The van der Waals surface area contributed by atoms with Crippen LogP contribution in [0.4, 0.5) is 5.69 Å². The molecule has 1 aromatic heterocycles. The van der Waals surface area contributed by atoms with Gasteiger partial charge in [-0.3, -0.25) is 0 Å². The van der Waals surface area contributed by atoms with Crippen molar-refractivity contribution >= 4 is 29.1 Å². The van der Waals surface area contributed by atoms with E-state index in [4.69, 9.17) is 21.8 Å². The van der Waals surface area contributed by atoms with Crippen molar-refractivity contribution < 1.29 is 4.42 Å². The van der Waals surface area contributed by atoms with Gasteiger partial charge in [-0.2, -0.15) is 0 Å². The van der Waals surface area contributed by atoms with Crippen LogP contribution in [0.5, 0.6) is 0 Å². The first kappa shape index (κ1) is 14.0. The first-order valence-electron chi connectivity index (χ1n) is 6.40. The van der Waals surface area contributed by atoms with E-state index < -0.39 is 0 Å². The molecule has 0 aliphatic carbocycles. The third-order valence-electron chi connectivity index (χ3n) is 2.92. The number of nitrogen functional groups attached to an aromatic ring is 1. The van der Waals surface area contributed by atoms with Crippen LogP contribution < -0.4 is 5.73 Å². The van der Waals surface area contributed by atoms with Crippen LogP contribution in [0.1, 0.15) is 5.89 Å². The Morgan fingerprint density at radius 3 is 2.71 bits per heavy atom. The molecule has 0 unspecified atom stereocenters. The fourth-order valence-corrected chi connectivity index (χ4v) is 3.01. The van der Waals surface area contributed by atoms with Crippen LogP contribution in [0.25, 0.3) is 11.3 Å². The summed E-state index contributed by atoms with van der Waals surface area (Å²) < 4.78 is 5.76. The molecule has 2 N–H and O–H groups in total. The molecule has 0 amide bonds. The number of hydrogen-bond acceptors (Lipinski definition) is 4.